The molecule has 0 aromatic carbocycles. The molecule has 3 N–H and O–H groups in total. The number of aromatic nitrogens is 4. The van der Waals surface area contributed by atoms with E-state index in [-0.39, 0.29) is 18.3 Å². The average molecular weight is 505 g/mol. The number of imidazole rings is 1. The standard InChI is InChI=1S/C17H28IN5O3Si/c1-15(2,3)25-11-6-17(27(4)5,26-16(11,7-18)8-24)23-10-22-12-13(19)20-9-21-14(12)23/h9-11,24,27H,6-8H2,1-5H3,(H2,19,20,21)/t11-,16+,17-/m0/s1. The van der Waals surface area contributed by atoms with Gasteiger partial charge in [0.25, 0.3) is 0 Å². The minimum atomic E-state index is -1.49. The summed E-state index contributed by atoms with van der Waals surface area (Å²) in [5.41, 5.74) is 6.08. The van der Waals surface area contributed by atoms with Crippen molar-refractivity contribution in [1.82, 2.24) is 19.5 Å². The molecule has 2 aromatic rings. The van der Waals surface area contributed by atoms with E-state index in [0.717, 1.165) is 0 Å². The number of aliphatic hydroxyl groups excluding tert-OH is 1. The van der Waals surface area contributed by atoms with Crippen LogP contribution in [0.5, 0.6) is 0 Å². The lowest BCUT2D eigenvalue weighted by molar-refractivity contribution is -0.162. The normalized spacial score (nSPS) is 29.1. The maximum absolute atomic E-state index is 10.3. The minimum absolute atomic E-state index is 0.108. The summed E-state index contributed by atoms with van der Waals surface area (Å²) in [6.07, 6.45) is 3.57. The van der Waals surface area contributed by atoms with Crippen LogP contribution < -0.4 is 5.73 Å². The van der Waals surface area contributed by atoms with Crippen LogP contribution in [-0.4, -0.2) is 61.8 Å². The molecule has 1 aliphatic rings. The molecule has 3 rings (SSSR count). The van der Waals surface area contributed by atoms with E-state index < -0.39 is 19.7 Å². The van der Waals surface area contributed by atoms with E-state index in [2.05, 4.69) is 50.6 Å². The number of nitrogen functional groups attached to an aromatic ring is 1. The Morgan fingerprint density at radius 2 is 2.11 bits per heavy atom. The molecule has 2 aromatic heterocycles. The fourth-order valence-electron chi connectivity index (χ4n) is 3.69. The van der Waals surface area contributed by atoms with Crippen LogP contribution in [0.25, 0.3) is 11.2 Å². The molecule has 0 bridgehead atoms. The fourth-order valence-corrected chi connectivity index (χ4v) is 6.47. The smallest absolute Gasteiger partial charge is 0.167 e. The number of rotatable bonds is 5. The lowest BCUT2D eigenvalue weighted by Gasteiger charge is -2.37. The summed E-state index contributed by atoms with van der Waals surface area (Å²) >= 11 is 2.27. The van der Waals surface area contributed by atoms with E-state index in [1.807, 2.05) is 25.3 Å². The quantitative estimate of drug-likeness (QED) is 0.363. The van der Waals surface area contributed by atoms with Crippen LogP contribution in [0.4, 0.5) is 5.82 Å². The topological polar surface area (TPSA) is 108 Å². The van der Waals surface area contributed by atoms with E-state index in [4.69, 9.17) is 15.2 Å². The van der Waals surface area contributed by atoms with Crippen molar-refractivity contribution in [1.29, 1.82) is 0 Å². The van der Waals surface area contributed by atoms with Gasteiger partial charge in [0.05, 0.1) is 33.4 Å². The van der Waals surface area contributed by atoms with Crippen molar-refractivity contribution in [2.45, 2.75) is 62.9 Å². The van der Waals surface area contributed by atoms with Crippen LogP contribution in [0.1, 0.15) is 27.2 Å². The molecule has 1 saturated heterocycles. The van der Waals surface area contributed by atoms with Crippen molar-refractivity contribution in [3.05, 3.63) is 12.7 Å². The van der Waals surface area contributed by atoms with Gasteiger partial charge < -0.3 is 20.3 Å². The highest BCUT2D eigenvalue weighted by atomic mass is 127. The molecule has 3 heterocycles. The number of aliphatic hydroxyl groups is 1. The number of alkyl halides is 1. The second-order valence-corrected chi connectivity index (χ2v) is 12.4. The van der Waals surface area contributed by atoms with Gasteiger partial charge in [-0.25, -0.2) is 15.0 Å². The third-order valence-electron chi connectivity index (χ3n) is 5.11. The van der Waals surface area contributed by atoms with Crippen LogP contribution in [0, 0.1) is 0 Å². The zero-order valence-corrected chi connectivity index (χ0v) is 19.8. The van der Waals surface area contributed by atoms with E-state index in [0.29, 0.717) is 27.8 Å². The molecule has 0 spiro atoms. The van der Waals surface area contributed by atoms with Crippen molar-refractivity contribution in [2.24, 2.45) is 0 Å². The number of anilines is 1. The van der Waals surface area contributed by atoms with E-state index in [9.17, 15) is 5.11 Å². The van der Waals surface area contributed by atoms with Gasteiger partial charge in [-0.3, -0.25) is 4.57 Å². The van der Waals surface area contributed by atoms with Gasteiger partial charge in [-0.2, -0.15) is 0 Å². The minimum Gasteiger partial charge on any atom is -0.393 e. The lowest BCUT2D eigenvalue weighted by Crippen LogP contribution is -2.51. The summed E-state index contributed by atoms with van der Waals surface area (Å²) in [6.45, 7) is 10.4. The molecule has 0 saturated carbocycles. The molecule has 0 aliphatic carbocycles. The Kier molecular flexibility index (Phi) is 5.58. The fraction of sp³-hybridized carbons (Fsp3) is 0.706. The molecule has 27 heavy (non-hydrogen) atoms. The third-order valence-corrected chi connectivity index (χ3v) is 8.83. The number of ether oxygens (including phenoxy) is 2. The molecule has 0 radical (unpaired) electrons. The molecule has 10 heteroatoms. The summed E-state index contributed by atoms with van der Waals surface area (Å²) in [5.74, 6) is 0.349. The maximum Gasteiger partial charge on any atom is 0.167 e. The number of nitrogens with zero attached hydrogens (tertiary/aromatic N) is 4. The molecular weight excluding hydrogens is 477 g/mol. The summed E-state index contributed by atoms with van der Waals surface area (Å²) in [6, 6.07) is 0. The van der Waals surface area contributed by atoms with Crippen LogP contribution in [0.15, 0.2) is 12.7 Å². The molecule has 0 amide bonds. The third kappa shape index (κ3) is 3.50. The van der Waals surface area contributed by atoms with Crippen molar-refractivity contribution in [2.75, 3.05) is 16.8 Å². The molecule has 0 unspecified atom stereocenters. The Hall–Kier alpha value is -0.823. The van der Waals surface area contributed by atoms with Crippen molar-refractivity contribution in [3.63, 3.8) is 0 Å². The average Bonchev–Trinajstić information content (AvgIpc) is 3.15. The van der Waals surface area contributed by atoms with Gasteiger partial charge in [0.15, 0.2) is 11.5 Å². The number of hydrogen-bond donors (Lipinski definition) is 2. The van der Waals surface area contributed by atoms with Gasteiger partial charge >= 0.3 is 0 Å². The second kappa shape index (κ2) is 7.21. The molecule has 3 atom stereocenters. The first kappa shape index (κ1) is 20.9. The zero-order valence-electron chi connectivity index (χ0n) is 16.4. The molecule has 1 fully saturated rings. The van der Waals surface area contributed by atoms with Gasteiger partial charge in [-0.1, -0.05) is 35.7 Å². The molecular formula is C17H28IN5O3Si. The number of hydrogen-bond acceptors (Lipinski definition) is 7. The Bertz CT molecular complexity index is 820. The first-order valence-corrected chi connectivity index (χ1v) is 13.5. The highest BCUT2D eigenvalue weighted by Crippen LogP contribution is 2.47. The van der Waals surface area contributed by atoms with Crippen molar-refractivity contribution in [3.8, 4) is 0 Å². The summed E-state index contributed by atoms with van der Waals surface area (Å²) < 4.78 is 15.7. The van der Waals surface area contributed by atoms with Gasteiger partial charge in [-0.15, -0.1) is 0 Å². The first-order chi connectivity index (χ1) is 12.6. The predicted molar refractivity (Wildman–Crippen MR) is 116 cm³/mol. The molecule has 150 valence electrons. The van der Waals surface area contributed by atoms with Crippen molar-refractivity contribution >= 4 is 48.4 Å². The van der Waals surface area contributed by atoms with Gasteiger partial charge in [0.2, 0.25) is 0 Å². The van der Waals surface area contributed by atoms with Gasteiger partial charge in [-0.05, 0) is 20.8 Å². The number of nitrogens with two attached hydrogens (primary N) is 1. The second-order valence-electron chi connectivity index (χ2n) is 8.43. The van der Waals surface area contributed by atoms with E-state index in [1.165, 1.54) is 6.33 Å². The van der Waals surface area contributed by atoms with Crippen LogP contribution in [0.3, 0.4) is 0 Å². The summed E-state index contributed by atoms with van der Waals surface area (Å²) in [7, 11) is -1.49. The Morgan fingerprint density at radius 1 is 1.41 bits per heavy atom. The largest absolute Gasteiger partial charge is 0.393 e. The van der Waals surface area contributed by atoms with Crippen LogP contribution in [-0.2, 0) is 14.8 Å². The van der Waals surface area contributed by atoms with E-state index in [1.54, 1.807) is 6.33 Å². The predicted octanol–water partition coefficient (Wildman–Crippen LogP) is 1.86. The van der Waals surface area contributed by atoms with Crippen LogP contribution in [0.2, 0.25) is 13.1 Å². The van der Waals surface area contributed by atoms with Gasteiger partial charge in [0.1, 0.15) is 22.8 Å². The van der Waals surface area contributed by atoms with Crippen LogP contribution >= 0.6 is 22.6 Å². The Balaban J connectivity index is 2.15. The Morgan fingerprint density at radius 3 is 2.67 bits per heavy atom. The van der Waals surface area contributed by atoms with Gasteiger partial charge in [0, 0.05) is 10.8 Å². The monoisotopic (exact) mass is 505 g/mol. The Labute approximate surface area is 174 Å². The zero-order chi connectivity index (χ0) is 20.0. The highest BCUT2D eigenvalue weighted by Gasteiger charge is 2.59. The number of fused-ring (bicyclic) bond motifs is 1. The summed E-state index contributed by atoms with van der Waals surface area (Å²) in [4.78, 5) is 12.9. The van der Waals surface area contributed by atoms with E-state index >= 15 is 0 Å². The number of halogens is 1. The molecule has 8 nitrogen and oxygen atoms in total. The van der Waals surface area contributed by atoms with Crippen molar-refractivity contribution < 1.29 is 14.6 Å². The first-order valence-electron chi connectivity index (χ1n) is 9.07. The maximum atomic E-state index is 10.3. The highest BCUT2D eigenvalue weighted by molar-refractivity contribution is 14.1. The SMILES string of the molecule is C[SiH](C)[C@]1(n2cnc3c(N)ncnc32)C[C@H](OC(C)(C)C)[C@](CO)(CI)O1. The summed E-state index contributed by atoms with van der Waals surface area (Å²) in [5, 5.41) is 9.66. The molecule has 1 aliphatic heterocycles. The lowest BCUT2D eigenvalue weighted by atomic mass is 9.98.